The van der Waals surface area contributed by atoms with Gasteiger partial charge in [0.15, 0.2) is 0 Å². The summed E-state index contributed by atoms with van der Waals surface area (Å²) in [6, 6.07) is 0.299. The van der Waals surface area contributed by atoms with Crippen molar-refractivity contribution in [2.45, 2.75) is 32.7 Å². The van der Waals surface area contributed by atoms with Crippen molar-refractivity contribution in [2.75, 3.05) is 33.4 Å². The topological polar surface area (TPSA) is 38.5 Å². The van der Waals surface area contributed by atoms with Gasteiger partial charge in [0.25, 0.3) is 0 Å². The van der Waals surface area contributed by atoms with Crippen LogP contribution in [0.25, 0.3) is 0 Å². The van der Waals surface area contributed by atoms with E-state index in [0.29, 0.717) is 12.0 Å². The first-order chi connectivity index (χ1) is 7.13. The van der Waals surface area contributed by atoms with E-state index in [4.69, 9.17) is 10.5 Å². The van der Waals surface area contributed by atoms with Crippen molar-refractivity contribution >= 4 is 0 Å². The Balaban J connectivity index is 2.29. The quantitative estimate of drug-likeness (QED) is 0.750. The molecule has 0 bridgehead atoms. The molecule has 0 spiro atoms. The Kier molecular flexibility index (Phi) is 5.58. The number of likely N-dealkylation sites (tertiary alicyclic amines) is 1. The molecule has 1 aliphatic rings. The van der Waals surface area contributed by atoms with Crippen molar-refractivity contribution in [3.05, 3.63) is 0 Å². The molecular weight excluding hydrogens is 188 g/mol. The molecule has 90 valence electrons. The van der Waals surface area contributed by atoms with Crippen molar-refractivity contribution < 1.29 is 4.74 Å². The largest absolute Gasteiger partial charge is 0.384 e. The zero-order valence-electron chi connectivity index (χ0n) is 10.4. The van der Waals surface area contributed by atoms with Gasteiger partial charge in [-0.2, -0.15) is 0 Å². The molecule has 1 saturated heterocycles. The molecule has 1 fully saturated rings. The van der Waals surface area contributed by atoms with E-state index in [-0.39, 0.29) is 0 Å². The van der Waals surface area contributed by atoms with Gasteiger partial charge in [-0.15, -0.1) is 0 Å². The van der Waals surface area contributed by atoms with Crippen LogP contribution >= 0.6 is 0 Å². The number of piperidine rings is 1. The monoisotopic (exact) mass is 214 g/mol. The summed E-state index contributed by atoms with van der Waals surface area (Å²) >= 11 is 0. The molecule has 0 radical (unpaired) electrons. The van der Waals surface area contributed by atoms with Gasteiger partial charge in [-0.05, 0) is 38.1 Å². The Morgan fingerprint density at radius 2 is 2.20 bits per heavy atom. The third-order valence-corrected chi connectivity index (χ3v) is 3.45. The van der Waals surface area contributed by atoms with Crippen LogP contribution in [0, 0.1) is 11.8 Å². The van der Waals surface area contributed by atoms with Crippen molar-refractivity contribution in [3.63, 3.8) is 0 Å². The molecular formula is C12H26N2O. The van der Waals surface area contributed by atoms with Gasteiger partial charge in [-0.25, -0.2) is 0 Å². The predicted molar refractivity (Wildman–Crippen MR) is 63.9 cm³/mol. The van der Waals surface area contributed by atoms with Crippen LogP contribution in [0.2, 0.25) is 0 Å². The highest BCUT2D eigenvalue weighted by atomic mass is 16.5. The molecule has 1 aliphatic heterocycles. The molecule has 0 aromatic carbocycles. The fraction of sp³-hybridized carbons (Fsp3) is 1.00. The van der Waals surface area contributed by atoms with Crippen LogP contribution in [-0.2, 0) is 4.74 Å². The second-order valence-electron chi connectivity index (χ2n) is 5.06. The Bertz CT molecular complexity index is 171. The van der Waals surface area contributed by atoms with Crippen LogP contribution < -0.4 is 5.73 Å². The molecule has 1 rings (SSSR count). The minimum Gasteiger partial charge on any atom is -0.384 e. The first kappa shape index (κ1) is 12.9. The Hall–Kier alpha value is -0.120. The van der Waals surface area contributed by atoms with Gasteiger partial charge >= 0.3 is 0 Å². The average Bonchev–Trinajstić information content (AvgIpc) is 2.18. The number of hydrogen-bond donors (Lipinski definition) is 1. The van der Waals surface area contributed by atoms with Crippen molar-refractivity contribution in [1.29, 1.82) is 0 Å². The smallest absolute Gasteiger partial charge is 0.0502 e. The molecule has 15 heavy (non-hydrogen) atoms. The van der Waals surface area contributed by atoms with E-state index in [9.17, 15) is 0 Å². The lowest BCUT2D eigenvalue weighted by atomic mass is 9.96. The summed E-state index contributed by atoms with van der Waals surface area (Å²) in [6.07, 6.45) is 2.62. The predicted octanol–water partition coefficient (Wildman–Crippen LogP) is 1.33. The fourth-order valence-corrected chi connectivity index (χ4v) is 2.26. The lowest BCUT2D eigenvalue weighted by Crippen LogP contribution is -2.42. The van der Waals surface area contributed by atoms with E-state index in [2.05, 4.69) is 18.7 Å². The second-order valence-corrected chi connectivity index (χ2v) is 5.06. The normalized spacial score (nSPS) is 27.6. The van der Waals surface area contributed by atoms with Gasteiger partial charge < -0.3 is 15.4 Å². The number of ether oxygens (including phenoxy) is 1. The lowest BCUT2D eigenvalue weighted by molar-refractivity contribution is 0.0823. The minimum atomic E-state index is 0.299. The first-order valence-corrected chi connectivity index (χ1v) is 6.10. The maximum atomic E-state index is 5.90. The molecule has 0 aromatic heterocycles. The summed E-state index contributed by atoms with van der Waals surface area (Å²) in [5, 5.41) is 0. The van der Waals surface area contributed by atoms with Gasteiger partial charge in [-0.3, -0.25) is 0 Å². The number of hydrogen-bond acceptors (Lipinski definition) is 3. The van der Waals surface area contributed by atoms with Gasteiger partial charge in [-0.1, -0.05) is 6.92 Å². The highest BCUT2D eigenvalue weighted by Crippen LogP contribution is 2.18. The molecule has 3 unspecified atom stereocenters. The first-order valence-electron chi connectivity index (χ1n) is 6.10. The summed E-state index contributed by atoms with van der Waals surface area (Å²) in [4.78, 5) is 2.54. The summed E-state index contributed by atoms with van der Waals surface area (Å²) in [5.41, 5.74) is 5.90. The van der Waals surface area contributed by atoms with E-state index in [1.165, 1.54) is 25.9 Å². The van der Waals surface area contributed by atoms with Crippen LogP contribution in [0.5, 0.6) is 0 Å². The highest BCUT2D eigenvalue weighted by molar-refractivity contribution is 4.76. The van der Waals surface area contributed by atoms with Crippen molar-refractivity contribution in [3.8, 4) is 0 Å². The number of nitrogens with two attached hydrogens (primary N) is 1. The molecule has 3 nitrogen and oxygen atoms in total. The minimum absolute atomic E-state index is 0.299. The summed E-state index contributed by atoms with van der Waals surface area (Å²) in [6.45, 7) is 8.80. The Morgan fingerprint density at radius 1 is 1.47 bits per heavy atom. The van der Waals surface area contributed by atoms with Gasteiger partial charge in [0, 0.05) is 26.2 Å². The number of nitrogens with zero attached hydrogens (tertiary/aromatic N) is 1. The fourth-order valence-electron chi connectivity index (χ4n) is 2.26. The van der Waals surface area contributed by atoms with Crippen molar-refractivity contribution in [1.82, 2.24) is 4.90 Å². The van der Waals surface area contributed by atoms with Crippen LogP contribution in [0.3, 0.4) is 0 Å². The molecule has 0 aliphatic carbocycles. The van der Waals surface area contributed by atoms with E-state index >= 15 is 0 Å². The van der Waals surface area contributed by atoms with Crippen LogP contribution in [0.1, 0.15) is 26.7 Å². The molecule has 0 amide bonds. The van der Waals surface area contributed by atoms with Crippen LogP contribution in [0.4, 0.5) is 0 Å². The summed E-state index contributed by atoms with van der Waals surface area (Å²) in [7, 11) is 1.80. The molecule has 3 heteroatoms. The molecule has 3 atom stereocenters. The third kappa shape index (κ3) is 4.49. The average molecular weight is 214 g/mol. The molecule has 0 saturated carbocycles. The second kappa shape index (κ2) is 6.46. The van der Waals surface area contributed by atoms with E-state index in [1.807, 2.05) is 0 Å². The van der Waals surface area contributed by atoms with E-state index < -0.39 is 0 Å². The number of methoxy groups -OCH3 is 1. The highest BCUT2D eigenvalue weighted by Gasteiger charge is 2.21. The molecule has 0 aromatic rings. The zero-order chi connectivity index (χ0) is 11.3. The lowest BCUT2D eigenvalue weighted by Gasteiger charge is -2.34. The standard InChI is InChI=1S/C12H26N2O/c1-10(11(2)13)7-14-6-4-5-12(8-14)9-15-3/h10-12H,4-9,13H2,1-3H3. The molecule has 1 heterocycles. The van der Waals surface area contributed by atoms with Gasteiger partial charge in [0.2, 0.25) is 0 Å². The Labute approximate surface area is 94.0 Å². The zero-order valence-corrected chi connectivity index (χ0v) is 10.4. The SMILES string of the molecule is COCC1CCCN(CC(C)C(C)N)C1. The summed E-state index contributed by atoms with van der Waals surface area (Å²) in [5.74, 6) is 1.32. The summed E-state index contributed by atoms with van der Waals surface area (Å²) < 4.78 is 5.23. The maximum Gasteiger partial charge on any atom is 0.0502 e. The van der Waals surface area contributed by atoms with E-state index in [1.54, 1.807) is 7.11 Å². The van der Waals surface area contributed by atoms with Crippen LogP contribution in [-0.4, -0.2) is 44.3 Å². The van der Waals surface area contributed by atoms with E-state index in [0.717, 1.165) is 19.1 Å². The Morgan fingerprint density at radius 3 is 2.80 bits per heavy atom. The van der Waals surface area contributed by atoms with Crippen molar-refractivity contribution in [2.24, 2.45) is 17.6 Å². The maximum absolute atomic E-state index is 5.90. The third-order valence-electron chi connectivity index (χ3n) is 3.45. The number of rotatable bonds is 5. The van der Waals surface area contributed by atoms with Crippen LogP contribution in [0.15, 0.2) is 0 Å². The molecule has 2 N–H and O–H groups in total. The van der Waals surface area contributed by atoms with Gasteiger partial charge in [0.05, 0.1) is 6.61 Å². The van der Waals surface area contributed by atoms with Gasteiger partial charge in [0.1, 0.15) is 0 Å².